The van der Waals surface area contributed by atoms with Gasteiger partial charge in [-0.05, 0) is 32.6 Å². The first-order valence-electron chi connectivity index (χ1n) is 5.18. The van der Waals surface area contributed by atoms with Crippen LogP contribution in [0.15, 0.2) is 11.6 Å². The summed E-state index contributed by atoms with van der Waals surface area (Å²) in [6, 6.07) is 0. The van der Waals surface area contributed by atoms with Gasteiger partial charge in [-0.15, -0.1) is 0 Å². The molecule has 0 aromatic heterocycles. The second-order valence-corrected chi connectivity index (χ2v) is 4.17. The summed E-state index contributed by atoms with van der Waals surface area (Å²) in [6.07, 6.45) is 3.54. The number of carbonyl (C=O) groups is 1. The van der Waals surface area contributed by atoms with Gasteiger partial charge in [-0.3, -0.25) is 4.79 Å². The van der Waals surface area contributed by atoms with Crippen molar-refractivity contribution in [2.45, 2.75) is 26.7 Å². The smallest absolute Gasteiger partial charge is 0.246 e. The van der Waals surface area contributed by atoms with Crippen molar-refractivity contribution in [3.63, 3.8) is 0 Å². The van der Waals surface area contributed by atoms with Crippen LogP contribution in [-0.4, -0.2) is 35.6 Å². The predicted octanol–water partition coefficient (Wildman–Crippen LogP) is 1.18. The summed E-state index contributed by atoms with van der Waals surface area (Å²) in [5.74, 6) is 0.507. The van der Waals surface area contributed by atoms with Gasteiger partial charge >= 0.3 is 0 Å². The Morgan fingerprint density at radius 3 is 2.43 bits per heavy atom. The van der Waals surface area contributed by atoms with Crippen molar-refractivity contribution in [2.75, 3.05) is 19.7 Å². The van der Waals surface area contributed by atoms with Crippen LogP contribution in [0.25, 0.3) is 0 Å². The maximum absolute atomic E-state index is 11.6. The Morgan fingerprint density at radius 1 is 1.43 bits per heavy atom. The lowest BCUT2D eigenvalue weighted by Gasteiger charge is -2.30. The van der Waals surface area contributed by atoms with Gasteiger partial charge in [-0.25, -0.2) is 0 Å². The third kappa shape index (κ3) is 3.14. The molecule has 1 N–H and O–H groups in total. The van der Waals surface area contributed by atoms with Crippen LogP contribution < -0.4 is 0 Å². The van der Waals surface area contributed by atoms with Crippen LogP contribution in [0, 0.1) is 5.92 Å². The number of aliphatic hydroxyl groups is 1. The van der Waals surface area contributed by atoms with Crippen molar-refractivity contribution < 1.29 is 9.90 Å². The molecule has 1 fully saturated rings. The van der Waals surface area contributed by atoms with E-state index in [4.69, 9.17) is 5.11 Å². The lowest BCUT2D eigenvalue weighted by atomic mass is 9.98. The van der Waals surface area contributed by atoms with Gasteiger partial charge in [0.1, 0.15) is 0 Å². The van der Waals surface area contributed by atoms with Gasteiger partial charge in [0, 0.05) is 25.8 Å². The molecule has 1 heterocycles. The summed E-state index contributed by atoms with van der Waals surface area (Å²) in [5, 5.41) is 8.95. The first-order valence-corrected chi connectivity index (χ1v) is 5.18. The van der Waals surface area contributed by atoms with E-state index in [-0.39, 0.29) is 12.5 Å². The third-order valence-electron chi connectivity index (χ3n) is 2.60. The minimum atomic E-state index is 0.112. The first kappa shape index (κ1) is 11.2. The molecule has 1 rings (SSSR count). The maximum Gasteiger partial charge on any atom is 0.246 e. The standard InChI is InChI=1S/C11H19NO2/c1-9(2)7-11(14)12-5-3-10(8-13)4-6-12/h7,10,13H,3-6,8H2,1-2H3. The molecule has 14 heavy (non-hydrogen) atoms. The monoisotopic (exact) mass is 197 g/mol. The molecule has 1 aliphatic heterocycles. The van der Waals surface area contributed by atoms with E-state index < -0.39 is 0 Å². The maximum atomic E-state index is 11.6. The zero-order valence-electron chi connectivity index (χ0n) is 8.99. The third-order valence-corrected chi connectivity index (χ3v) is 2.60. The SMILES string of the molecule is CC(C)=CC(=O)N1CCC(CO)CC1. The number of hydrogen-bond donors (Lipinski definition) is 1. The summed E-state index contributed by atoms with van der Waals surface area (Å²) in [6.45, 7) is 5.68. The quantitative estimate of drug-likeness (QED) is 0.675. The Labute approximate surface area is 85.4 Å². The van der Waals surface area contributed by atoms with Gasteiger partial charge < -0.3 is 10.0 Å². The van der Waals surface area contributed by atoms with E-state index in [0.717, 1.165) is 31.5 Å². The Hall–Kier alpha value is -0.830. The molecule has 3 heteroatoms. The van der Waals surface area contributed by atoms with Crippen LogP contribution >= 0.6 is 0 Å². The van der Waals surface area contributed by atoms with Gasteiger partial charge in [-0.1, -0.05) is 5.57 Å². The number of hydrogen-bond acceptors (Lipinski definition) is 2. The van der Waals surface area contributed by atoms with Crippen molar-refractivity contribution in [3.05, 3.63) is 11.6 Å². The zero-order chi connectivity index (χ0) is 10.6. The van der Waals surface area contributed by atoms with E-state index >= 15 is 0 Å². The molecule has 0 unspecified atom stereocenters. The van der Waals surface area contributed by atoms with E-state index in [2.05, 4.69) is 0 Å². The van der Waals surface area contributed by atoms with Crippen LogP contribution in [-0.2, 0) is 4.79 Å². The Balaban J connectivity index is 2.42. The van der Waals surface area contributed by atoms with Crippen molar-refractivity contribution in [1.29, 1.82) is 0 Å². The molecule has 0 aliphatic carbocycles. The average molecular weight is 197 g/mol. The number of carbonyl (C=O) groups excluding carboxylic acids is 1. The lowest BCUT2D eigenvalue weighted by Crippen LogP contribution is -2.38. The Bertz CT molecular complexity index is 223. The highest BCUT2D eigenvalue weighted by Crippen LogP contribution is 2.16. The molecule has 0 aromatic carbocycles. The van der Waals surface area contributed by atoms with E-state index in [1.807, 2.05) is 18.7 Å². The molecular formula is C11H19NO2. The summed E-state index contributed by atoms with van der Waals surface area (Å²) >= 11 is 0. The number of likely N-dealkylation sites (tertiary alicyclic amines) is 1. The van der Waals surface area contributed by atoms with Gasteiger partial charge in [-0.2, -0.15) is 0 Å². The highest BCUT2D eigenvalue weighted by atomic mass is 16.3. The van der Waals surface area contributed by atoms with Crippen LogP contribution in [0.3, 0.4) is 0 Å². The van der Waals surface area contributed by atoms with Crippen molar-refractivity contribution >= 4 is 5.91 Å². The lowest BCUT2D eigenvalue weighted by molar-refractivity contribution is -0.127. The van der Waals surface area contributed by atoms with Crippen LogP contribution in [0.1, 0.15) is 26.7 Å². The normalized spacial score (nSPS) is 18.1. The second-order valence-electron chi connectivity index (χ2n) is 4.17. The molecule has 1 amide bonds. The molecule has 0 atom stereocenters. The molecule has 3 nitrogen and oxygen atoms in total. The van der Waals surface area contributed by atoms with Crippen LogP contribution in [0.2, 0.25) is 0 Å². The predicted molar refractivity (Wildman–Crippen MR) is 55.8 cm³/mol. The average Bonchev–Trinajstić information content (AvgIpc) is 2.17. The molecule has 1 aliphatic rings. The largest absolute Gasteiger partial charge is 0.396 e. The summed E-state index contributed by atoms with van der Waals surface area (Å²) < 4.78 is 0. The summed E-state index contributed by atoms with van der Waals surface area (Å²) in [5.41, 5.74) is 1.04. The molecule has 0 bridgehead atoms. The summed E-state index contributed by atoms with van der Waals surface area (Å²) in [7, 11) is 0. The van der Waals surface area contributed by atoms with Crippen molar-refractivity contribution in [3.8, 4) is 0 Å². The highest BCUT2D eigenvalue weighted by Gasteiger charge is 2.20. The van der Waals surface area contributed by atoms with Gasteiger partial charge in [0.05, 0.1) is 0 Å². The van der Waals surface area contributed by atoms with Gasteiger partial charge in [0.25, 0.3) is 0 Å². The first-order chi connectivity index (χ1) is 6.63. The Morgan fingerprint density at radius 2 is 2.00 bits per heavy atom. The van der Waals surface area contributed by atoms with Gasteiger partial charge in [0.2, 0.25) is 5.91 Å². The number of nitrogens with zero attached hydrogens (tertiary/aromatic N) is 1. The van der Waals surface area contributed by atoms with Gasteiger partial charge in [0.15, 0.2) is 0 Å². The van der Waals surface area contributed by atoms with E-state index in [0.29, 0.717) is 5.92 Å². The fourth-order valence-electron chi connectivity index (χ4n) is 1.67. The van der Waals surface area contributed by atoms with E-state index in [1.165, 1.54) is 0 Å². The fraction of sp³-hybridized carbons (Fsp3) is 0.727. The van der Waals surface area contributed by atoms with E-state index in [1.54, 1.807) is 6.08 Å². The van der Waals surface area contributed by atoms with E-state index in [9.17, 15) is 4.79 Å². The molecule has 1 saturated heterocycles. The number of rotatable bonds is 2. The fourth-order valence-corrected chi connectivity index (χ4v) is 1.67. The number of allylic oxidation sites excluding steroid dienone is 1. The second kappa shape index (κ2) is 5.15. The minimum Gasteiger partial charge on any atom is -0.396 e. The Kier molecular flexibility index (Phi) is 4.14. The van der Waals surface area contributed by atoms with Crippen LogP contribution in [0.5, 0.6) is 0 Å². The molecule has 0 saturated carbocycles. The minimum absolute atomic E-state index is 0.112. The molecule has 80 valence electrons. The number of aliphatic hydroxyl groups excluding tert-OH is 1. The topological polar surface area (TPSA) is 40.5 Å². The molecular weight excluding hydrogens is 178 g/mol. The summed E-state index contributed by atoms with van der Waals surface area (Å²) in [4.78, 5) is 13.5. The van der Waals surface area contributed by atoms with Crippen molar-refractivity contribution in [1.82, 2.24) is 4.90 Å². The van der Waals surface area contributed by atoms with Crippen LogP contribution in [0.4, 0.5) is 0 Å². The molecule has 0 aromatic rings. The molecule has 0 radical (unpaired) electrons. The number of amides is 1. The number of piperidine rings is 1. The molecule has 0 spiro atoms. The highest BCUT2D eigenvalue weighted by molar-refractivity contribution is 5.88. The van der Waals surface area contributed by atoms with Crippen molar-refractivity contribution in [2.24, 2.45) is 5.92 Å². The zero-order valence-corrected chi connectivity index (χ0v) is 8.99.